The molecule has 0 saturated heterocycles. The van der Waals surface area contributed by atoms with Gasteiger partial charge in [-0.1, -0.05) is 11.6 Å². The van der Waals surface area contributed by atoms with Gasteiger partial charge in [0.1, 0.15) is 0 Å². The van der Waals surface area contributed by atoms with Gasteiger partial charge in [-0.3, -0.25) is 9.13 Å². The van der Waals surface area contributed by atoms with E-state index in [1.54, 1.807) is 22.2 Å². The third kappa shape index (κ3) is 1.74. The van der Waals surface area contributed by atoms with E-state index in [2.05, 4.69) is 5.32 Å². The quantitative estimate of drug-likeness (QED) is 0.875. The van der Waals surface area contributed by atoms with Crippen molar-refractivity contribution >= 4 is 22.6 Å². The molecule has 0 saturated carbocycles. The highest BCUT2D eigenvalue weighted by Gasteiger charge is 2.09. The summed E-state index contributed by atoms with van der Waals surface area (Å²) in [6.07, 6.45) is 0. The lowest BCUT2D eigenvalue weighted by Gasteiger charge is -2.01. The standard InChI is InChI=1S/C11H14ClN3O/c1-13-5-6-15-9-4-3-8(12)7-10(9)14(2)11(15)16/h3-4,7,13H,5-6H2,1-2H3. The molecule has 4 nitrogen and oxygen atoms in total. The number of likely N-dealkylation sites (N-methyl/N-ethyl adjacent to an activating group) is 1. The molecule has 1 heterocycles. The van der Waals surface area contributed by atoms with E-state index in [-0.39, 0.29) is 5.69 Å². The van der Waals surface area contributed by atoms with Crippen LogP contribution in [-0.2, 0) is 13.6 Å². The summed E-state index contributed by atoms with van der Waals surface area (Å²) in [5.41, 5.74) is 1.79. The fourth-order valence-corrected chi connectivity index (χ4v) is 1.99. The van der Waals surface area contributed by atoms with Crippen LogP contribution in [0.1, 0.15) is 0 Å². The van der Waals surface area contributed by atoms with Crippen molar-refractivity contribution < 1.29 is 0 Å². The molecule has 2 aromatic rings. The second-order valence-electron chi connectivity index (χ2n) is 3.73. The van der Waals surface area contributed by atoms with Gasteiger partial charge in [-0.15, -0.1) is 0 Å². The molecule has 0 radical (unpaired) electrons. The Kier molecular flexibility index (Phi) is 3.03. The van der Waals surface area contributed by atoms with Gasteiger partial charge in [-0.25, -0.2) is 4.79 Å². The van der Waals surface area contributed by atoms with E-state index in [4.69, 9.17) is 11.6 Å². The monoisotopic (exact) mass is 239 g/mol. The minimum atomic E-state index is -0.00693. The predicted octanol–water partition coefficient (Wildman–Crippen LogP) is 1.21. The highest BCUT2D eigenvalue weighted by atomic mass is 35.5. The van der Waals surface area contributed by atoms with Gasteiger partial charge in [0.25, 0.3) is 0 Å². The van der Waals surface area contributed by atoms with Gasteiger partial charge in [0.15, 0.2) is 0 Å². The molecule has 0 unspecified atom stereocenters. The van der Waals surface area contributed by atoms with Crippen LogP contribution >= 0.6 is 11.6 Å². The van der Waals surface area contributed by atoms with Gasteiger partial charge >= 0.3 is 5.69 Å². The Morgan fingerprint density at radius 3 is 2.81 bits per heavy atom. The molecule has 16 heavy (non-hydrogen) atoms. The highest BCUT2D eigenvalue weighted by molar-refractivity contribution is 6.31. The number of aryl methyl sites for hydroxylation is 1. The van der Waals surface area contributed by atoms with E-state index in [9.17, 15) is 4.79 Å². The van der Waals surface area contributed by atoms with Crippen molar-refractivity contribution in [3.05, 3.63) is 33.7 Å². The molecule has 1 aromatic heterocycles. The zero-order valence-corrected chi connectivity index (χ0v) is 10.1. The molecule has 0 aliphatic heterocycles. The molecule has 2 rings (SSSR count). The summed E-state index contributed by atoms with van der Waals surface area (Å²) < 4.78 is 3.37. The smallest absolute Gasteiger partial charge is 0.318 e. The Morgan fingerprint density at radius 1 is 1.38 bits per heavy atom. The summed E-state index contributed by atoms with van der Waals surface area (Å²) in [5.74, 6) is 0. The maximum atomic E-state index is 12.0. The van der Waals surface area contributed by atoms with Crippen LogP contribution in [0.4, 0.5) is 0 Å². The summed E-state index contributed by atoms with van der Waals surface area (Å²) in [7, 11) is 3.63. The van der Waals surface area contributed by atoms with Crippen LogP contribution in [0.5, 0.6) is 0 Å². The summed E-state index contributed by atoms with van der Waals surface area (Å²) in [6.45, 7) is 1.43. The third-order valence-corrected chi connectivity index (χ3v) is 2.93. The number of benzene rings is 1. The normalized spacial score (nSPS) is 11.2. The summed E-state index contributed by atoms with van der Waals surface area (Å²) in [6, 6.07) is 5.50. The second kappa shape index (κ2) is 4.31. The van der Waals surface area contributed by atoms with Crippen LogP contribution in [0.3, 0.4) is 0 Å². The van der Waals surface area contributed by atoms with Gasteiger partial charge in [0.2, 0.25) is 0 Å². The molecule has 0 amide bonds. The Labute approximate surface area is 98.4 Å². The van der Waals surface area contributed by atoms with Gasteiger partial charge in [0, 0.05) is 25.2 Å². The molecule has 0 atom stereocenters. The molecule has 1 N–H and O–H groups in total. The van der Waals surface area contributed by atoms with Crippen LogP contribution in [0.15, 0.2) is 23.0 Å². The fourth-order valence-electron chi connectivity index (χ4n) is 1.82. The van der Waals surface area contributed by atoms with Crippen molar-refractivity contribution in [2.75, 3.05) is 13.6 Å². The lowest BCUT2D eigenvalue weighted by molar-refractivity contribution is 0.627. The zero-order valence-electron chi connectivity index (χ0n) is 9.33. The van der Waals surface area contributed by atoms with E-state index < -0.39 is 0 Å². The first-order valence-corrected chi connectivity index (χ1v) is 5.52. The number of aromatic nitrogens is 2. The zero-order chi connectivity index (χ0) is 11.7. The number of hydrogen-bond donors (Lipinski definition) is 1. The van der Waals surface area contributed by atoms with Crippen LogP contribution in [0, 0.1) is 0 Å². The second-order valence-corrected chi connectivity index (χ2v) is 4.17. The molecule has 86 valence electrons. The summed E-state index contributed by atoms with van der Waals surface area (Å²) in [5, 5.41) is 3.68. The van der Waals surface area contributed by atoms with E-state index in [0.717, 1.165) is 17.6 Å². The van der Waals surface area contributed by atoms with E-state index in [0.29, 0.717) is 11.6 Å². The average Bonchev–Trinajstić information content (AvgIpc) is 2.50. The Morgan fingerprint density at radius 2 is 2.12 bits per heavy atom. The molecule has 0 fully saturated rings. The summed E-state index contributed by atoms with van der Waals surface area (Å²) in [4.78, 5) is 12.0. The van der Waals surface area contributed by atoms with Crippen LogP contribution in [0.25, 0.3) is 11.0 Å². The van der Waals surface area contributed by atoms with Crippen molar-refractivity contribution in [2.45, 2.75) is 6.54 Å². The number of hydrogen-bond acceptors (Lipinski definition) is 2. The molecule has 1 aromatic carbocycles. The molecule has 0 spiro atoms. The molecule has 5 heteroatoms. The van der Waals surface area contributed by atoms with Crippen LogP contribution in [-0.4, -0.2) is 22.7 Å². The minimum absolute atomic E-state index is 0.00693. The molecule has 0 aliphatic carbocycles. The van der Waals surface area contributed by atoms with Crippen LogP contribution in [0.2, 0.25) is 5.02 Å². The van der Waals surface area contributed by atoms with Crippen LogP contribution < -0.4 is 11.0 Å². The Bertz CT molecular complexity index is 570. The number of fused-ring (bicyclic) bond motifs is 1. The van der Waals surface area contributed by atoms with Crippen molar-refractivity contribution in [1.82, 2.24) is 14.5 Å². The lowest BCUT2D eigenvalue weighted by atomic mass is 10.3. The number of halogens is 1. The molecular formula is C11H14ClN3O. The van der Waals surface area contributed by atoms with Crippen molar-refractivity contribution in [2.24, 2.45) is 7.05 Å². The minimum Gasteiger partial charge on any atom is -0.318 e. The number of nitrogens with one attached hydrogen (secondary N) is 1. The number of rotatable bonds is 3. The van der Waals surface area contributed by atoms with Gasteiger partial charge < -0.3 is 5.32 Å². The van der Waals surface area contributed by atoms with E-state index in [1.807, 2.05) is 19.2 Å². The maximum Gasteiger partial charge on any atom is 0.328 e. The van der Waals surface area contributed by atoms with Gasteiger partial charge in [-0.2, -0.15) is 0 Å². The molecule has 0 bridgehead atoms. The predicted molar refractivity (Wildman–Crippen MR) is 66.1 cm³/mol. The Hall–Kier alpha value is -1.26. The summed E-state index contributed by atoms with van der Waals surface area (Å²) >= 11 is 5.92. The Balaban J connectivity index is 2.64. The van der Waals surface area contributed by atoms with Gasteiger partial charge in [-0.05, 0) is 25.2 Å². The molecule has 0 aliphatic rings. The highest BCUT2D eigenvalue weighted by Crippen LogP contribution is 2.17. The number of imidazole rings is 1. The van der Waals surface area contributed by atoms with Crippen molar-refractivity contribution in [3.8, 4) is 0 Å². The van der Waals surface area contributed by atoms with E-state index >= 15 is 0 Å². The topological polar surface area (TPSA) is 39.0 Å². The first kappa shape index (κ1) is 11.2. The first-order chi connectivity index (χ1) is 7.65. The lowest BCUT2D eigenvalue weighted by Crippen LogP contribution is -2.26. The largest absolute Gasteiger partial charge is 0.328 e. The van der Waals surface area contributed by atoms with Crippen molar-refractivity contribution in [1.29, 1.82) is 0 Å². The first-order valence-electron chi connectivity index (χ1n) is 5.14. The maximum absolute atomic E-state index is 12.0. The average molecular weight is 240 g/mol. The van der Waals surface area contributed by atoms with E-state index in [1.165, 1.54) is 0 Å². The molecular weight excluding hydrogens is 226 g/mol. The fraction of sp³-hybridized carbons (Fsp3) is 0.364. The van der Waals surface area contributed by atoms with Crippen molar-refractivity contribution in [3.63, 3.8) is 0 Å². The number of nitrogens with zero attached hydrogens (tertiary/aromatic N) is 2. The third-order valence-electron chi connectivity index (χ3n) is 2.69. The SMILES string of the molecule is CNCCn1c(=O)n(C)c2cc(Cl)ccc21. The van der Waals surface area contributed by atoms with Gasteiger partial charge in [0.05, 0.1) is 11.0 Å².